The smallest absolute Gasteiger partial charge is 0.317 e. The van der Waals surface area contributed by atoms with Gasteiger partial charge < -0.3 is 15.0 Å². The average Bonchev–Trinajstić information content (AvgIpc) is 2.46. The van der Waals surface area contributed by atoms with Crippen molar-refractivity contribution in [3.05, 3.63) is 29.8 Å². The van der Waals surface area contributed by atoms with Crippen molar-refractivity contribution in [1.82, 2.24) is 10.2 Å². The van der Waals surface area contributed by atoms with E-state index in [1.807, 2.05) is 29.2 Å². The van der Waals surface area contributed by atoms with Gasteiger partial charge in [0.15, 0.2) is 0 Å². The zero-order valence-corrected chi connectivity index (χ0v) is 10.8. The van der Waals surface area contributed by atoms with E-state index < -0.39 is 0 Å². The summed E-state index contributed by atoms with van der Waals surface area (Å²) in [7, 11) is 1.64. The Labute approximate surface area is 108 Å². The number of carbonyl (C=O) groups excluding carboxylic acids is 1. The molecule has 18 heavy (non-hydrogen) atoms. The number of hydrogen-bond acceptors (Lipinski definition) is 2. The quantitative estimate of drug-likeness (QED) is 0.892. The van der Waals surface area contributed by atoms with Gasteiger partial charge in [0.25, 0.3) is 0 Å². The van der Waals surface area contributed by atoms with Crippen LogP contribution in [0.2, 0.25) is 0 Å². The zero-order chi connectivity index (χ0) is 12.8. The van der Waals surface area contributed by atoms with Gasteiger partial charge in [-0.05, 0) is 37.0 Å². The number of urea groups is 1. The Balaban J connectivity index is 1.84. The van der Waals surface area contributed by atoms with Crippen LogP contribution in [0.3, 0.4) is 0 Å². The maximum Gasteiger partial charge on any atom is 0.317 e. The molecule has 0 radical (unpaired) electrons. The molecule has 2 amide bonds. The number of rotatable bonds is 3. The van der Waals surface area contributed by atoms with Gasteiger partial charge in [0.1, 0.15) is 5.75 Å². The molecule has 0 saturated carbocycles. The molecule has 0 aromatic heterocycles. The molecular weight excluding hydrogens is 228 g/mol. The molecule has 4 heteroatoms. The van der Waals surface area contributed by atoms with Crippen LogP contribution in [0.5, 0.6) is 5.75 Å². The summed E-state index contributed by atoms with van der Waals surface area (Å²) in [5.74, 6) is 0.819. The number of piperidine rings is 1. The molecule has 4 nitrogen and oxygen atoms in total. The van der Waals surface area contributed by atoms with Gasteiger partial charge in [0.2, 0.25) is 0 Å². The number of amides is 2. The van der Waals surface area contributed by atoms with Crippen molar-refractivity contribution in [2.45, 2.75) is 25.8 Å². The normalized spacial score (nSPS) is 15.3. The van der Waals surface area contributed by atoms with Crippen molar-refractivity contribution in [1.29, 1.82) is 0 Å². The second-order valence-corrected chi connectivity index (χ2v) is 4.56. The minimum atomic E-state index is 0.0394. The molecule has 1 heterocycles. The van der Waals surface area contributed by atoms with Crippen LogP contribution in [0.4, 0.5) is 4.79 Å². The molecular formula is C14H20N2O2. The molecule has 0 spiro atoms. The third kappa shape index (κ3) is 3.39. The van der Waals surface area contributed by atoms with Gasteiger partial charge in [-0.3, -0.25) is 0 Å². The summed E-state index contributed by atoms with van der Waals surface area (Å²) in [6.07, 6.45) is 3.47. The van der Waals surface area contributed by atoms with Gasteiger partial charge in [0.05, 0.1) is 7.11 Å². The number of nitrogens with zero attached hydrogens (tertiary/aromatic N) is 1. The molecule has 1 aromatic carbocycles. The van der Waals surface area contributed by atoms with Crippen molar-refractivity contribution in [2.24, 2.45) is 0 Å². The van der Waals surface area contributed by atoms with Crippen molar-refractivity contribution in [2.75, 3.05) is 20.2 Å². The van der Waals surface area contributed by atoms with E-state index >= 15 is 0 Å². The van der Waals surface area contributed by atoms with Crippen LogP contribution < -0.4 is 10.1 Å². The molecule has 1 aromatic rings. The highest BCUT2D eigenvalue weighted by atomic mass is 16.5. The Morgan fingerprint density at radius 3 is 2.83 bits per heavy atom. The van der Waals surface area contributed by atoms with Crippen LogP contribution in [0.15, 0.2) is 24.3 Å². The average molecular weight is 248 g/mol. The van der Waals surface area contributed by atoms with Gasteiger partial charge in [-0.15, -0.1) is 0 Å². The monoisotopic (exact) mass is 248 g/mol. The highest BCUT2D eigenvalue weighted by molar-refractivity contribution is 5.74. The Bertz CT molecular complexity index is 401. The van der Waals surface area contributed by atoms with Gasteiger partial charge in [0, 0.05) is 19.6 Å². The molecule has 98 valence electrons. The van der Waals surface area contributed by atoms with E-state index in [1.54, 1.807) is 7.11 Å². The summed E-state index contributed by atoms with van der Waals surface area (Å²) < 4.78 is 5.15. The molecule has 1 fully saturated rings. The van der Waals surface area contributed by atoms with Crippen molar-refractivity contribution >= 4 is 6.03 Å². The van der Waals surface area contributed by atoms with Crippen LogP contribution >= 0.6 is 0 Å². The maximum atomic E-state index is 11.9. The minimum Gasteiger partial charge on any atom is -0.497 e. The van der Waals surface area contributed by atoms with Crippen LogP contribution in [0.25, 0.3) is 0 Å². The number of likely N-dealkylation sites (tertiary alicyclic amines) is 1. The number of methoxy groups -OCH3 is 1. The number of benzene rings is 1. The first-order chi connectivity index (χ1) is 8.79. The molecule has 1 N–H and O–H groups in total. The van der Waals surface area contributed by atoms with E-state index in [2.05, 4.69) is 5.32 Å². The van der Waals surface area contributed by atoms with E-state index in [0.717, 1.165) is 37.2 Å². The number of ether oxygens (including phenoxy) is 1. The number of carbonyl (C=O) groups is 1. The van der Waals surface area contributed by atoms with Gasteiger partial charge >= 0.3 is 6.03 Å². The van der Waals surface area contributed by atoms with Gasteiger partial charge in [-0.25, -0.2) is 4.79 Å². The third-order valence-electron chi connectivity index (χ3n) is 3.22. The van der Waals surface area contributed by atoms with Crippen LogP contribution in [-0.4, -0.2) is 31.1 Å². The lowest BCUT2D eigenvalue weighted by molar-refractivity contribution is 0.186. The molecule has 0 bridgehead atoms. The molecule has 0 unspecified atom stereocenters. The predicted octanol–water partition coefficient (Wildman–Crippen LogP) is 2.39. The lowest BCUT2D eigenvalue weighted by Gasteiger charge is -2.26. The summed E-state index contributed by atoms with van der Waals surface area (Å²) in [6.45, 7) is 2.31. The molecule has 1 saturated heterocycles. The van der Waals surface area contributed by atoms with E-state index in [4.69, 9.17) is 4.74 Å². The molecule has 1 aliphatic rings. The summed E-state index contributed by atoms with van der Waals surface area (Å²) in [5.41, 5.74) is 1.06. The van der Waals surface area contributed by atoms with Crippen molar-refractivity contribution < 1.29 is 9.53 Å². The SMILES string of the molecule is COc1cccc(CNC(=O)N2CCCCC2)c1. The topological polar surface area (TPSA) is 41.6 Å². The van der Waals surface area contributed by atoms with Gasteiger partial charge in [-0.1, -0.05) is 12.1 Å². The molecule has 0 atom stereocenters. The Morgan fingerprint density at radius 1 is 1.33 bits per heavy atom. The fourth-order valence-electron chi connectivity index (χ4n) is 2.17. The lowest BCUT2D eigenvalue weighted by atomic mass is 10.1. The first kappa shape index (κ1) is 12.7. The van der Waals surface area contributed by atoms with E-state index in [1.165, 1.54) is 6.42 Å². The second-order valence-electron chi connectivity index (χ2n) is 4.56. The lowest BCUT2D eigenvalue weighted by Crippen LogP contribution is -2.42. The van der Waals surface area contributed by atoms with Crippen LogP contribution in [0, 0.1) is 0 Å². The summed E-state index contributed by atoms with van der Waals surface area (Å²) in [4.78, 5) is 13.8. The fraction of sp³-hybridized carbons (Fsp3) is 0.500. The molecule has 0 aliphatic carbocycles. The molecule has 2 rings (SSSR count). The zero-order valence-electron chi connectivity index (χ0n) is 10.8. The summed E-state index contributed by atoms with van der Waals surface area (Å²) >= 11 is 0. The number of nitrogens with one attached hydrogen (secondary N) is 1. The van der Waals surface area contributed by atoms with Crippen molar-refractivity contribution in [3.63, 3.8) is 0 Å². The maximum absolute atomic E-state index is 11.9. The van der Waals surface area contributed by atoms with Crippen molar-refractivity contribution in [3.8, 4) is 5.75 Å². The van der Waals surface area contributed by atoms with E-state index in [0.29, 0.717) is 6.54 Å². The Kier molecular flexibility index (Phi) is 4.45. The predicted molar refractivity (Wildman–Crippen MR) is 70.7 cm³/mol. The third-order valence-corrected chi connectivity index (χ3v) is 3.22. The number of hydrogen-bond donors (Lipinski definition) is 1. The Hall–Kier alpha value is -1.71. The fourth-order valence-corrected chi connectivity index (χ4v) is 2.17. The standard InChI is InChI=1S/C14H20N2O2/c1-18-13-7-5-6-12(10-13)11-15-14(17)16-8-3-2-4-9-16/h5-7,10H,2-4,8-9,11H2,1H3,(H,15,17). The first-order valence-corrected chi connectivity index (χ1v) is 6.45. The van der Waals surface area contributed by atoms with E-state index in [-0.39, 0.29) is 6.03 Å². The second kappa shape index (κ2) is 6.28. The Morgan fingerprint density at radius 2 is 2.11 bits per heavy atom. The van der Waals surface area contributed by atoms with Crippen LogP contribution in [-0.2, 0) is 6.54 Å². The highest BCUT2D eigenvalue weighted by Gasteiger charge is 2.15. The minimum absolute atomic E-state index is 0.0394. The summed E-state index contributed by atoms with van der Waals surface area (Å²) in [5, 5.41) is 2.95. The van der Waals surface area contributed by atoms with Crippen LogP contribution in [0.1, 0.15) is 24.8 Å². The highest BCUT2D eigenvalue weighted by Crippen LogP contribution is 2.13. The van der Waals surface area contributed by atoms with E-state index in [9.17, 15) is 4.79 Å². The molecule has 1 aliphatic heterocycles. The first-order valence-electron chi connectivity index (χ1n) is 6.45. The summed E-state index contributed by atoms with van der Waals surface area (Å²) in [6, 6.07) is 7.80. The largest absolute Gasteiger partial charge is 0.497 e. The van der Waals surface area contributed by atoms with Gasteiger partial charge in [-0.2, -0.15) is 0 Å².